The molecule has 0 aliphatic heterocycles. The van der Waals surface area contributed by atoms with Crippen molar-refractivity contribution in [2.45, 2.75) is 19.0 Å². The summed E-state index contributed by atoms with van der Waals surface area (Å²) in [6, 6.07) is 17.2. The van der Waals surface area contributed by atoms with Crippen LogP contribution in [0.2, 0.25) is 5.02 Å². The quantitative estimate of drug-likeness (QED) is 0.523. The van der Waals surface area contributed by atoms with Crippen LogP contribution in [-0.2, 0) is 12.1 Å². The third kappa shape index (κ3) is 4.44. The molecule has 3 aromatic rings. The van der Waals surface area contributed by atoms with Crippen LogP contribution in [0.1, 0.15) is 29.8 Å². The summed E-state index contributed by atoms with van der Waals surface area (Å²) in [5.41, 5.74) is 1.15. The van der Waals surface area contributed by atoms with E-state index < -0.39 is 5.54 Å². The van der Waals surface area contributed by atoms with Crippen molar-refractivity contribution in [3.05, 3.63) is 82.5 Å². The maximum atomic E-state index is 6.20. The van der Waals surface area contributed by atoms with Gasteiger partial charge >= 0.3 is 0 Å². The molecule has 0 bridgehead atoms. The maximum Gasteiger partial charge on any atom is 0.294 e. The molecule has 6 heteroatoms. The normalized spacial score (nSPS) is 12.9. The van der Waals surface area contributed by atoms with Crippen LogP contribution in [-0.4, -0.2) is 16.1 Å². The molecule has 2 aromatic carbocycles. The zero-order valence-electron chi connectivity index (χ0n) is 14.2. The van der Waals surface area contributed by atoms with Gasteiger partial charge in [0.05, 0.1) is 0 Å². The van der Waals surface area contributed by atoms with Crippen LogP contribution in [0.4, 0.5) is 0 Å². The molecule has 26 heavy (non-hydrogen) atoms. The standard InChI is InChI=1S/C20H17Cl2N3O/c1-20(14-21,23-13-16-9-5-6-10-17(16)22)19-25-24-18(26-19)12-11-15-7-3-2-4-8-15/h2-10,23H,13-14H2,1H3. The summed E-state index contributed by atoms with van der Waals surface area (Å²) in [4.78, 5) is 0. The zero-order chi connectivity index (χ0) is 18.4. The van der Waals surface area contributed by atoms with E-state index in [0.717, 1.165) is 11.1 Å². The lowest BCUT2D eigenvalue weighted by molar-refractivity contribution is 0.307. The Morgan fingerprint density at radius 3 is 2.50 bits per heavy atom. The fourth-order valence-electron chi connectivity index (χ4n) is 2.26. The number of hydrogen-bond donors (Lipinski definition) is 1. The molecule has 0 amide bonds. The highest BCUT2D eigenvalue weighted by Crippen LogP contribution is 2.23. The lowest BCUT2D eigenvalue weighted by Crippen LogP contribution is -2.41. The maximum absolute atomic E-state index is 6.20. The molecule has 0 fully saturated rings. The Balaban J connectivity index is 1.75. The number of benzene rings is 2. The second kappa shape index (κ2) is 8.37. The summed E-state index contributed by atoms with van der Waals surface area (Å²) in [7, 11) is 0. The second-order valence-corrected chi connectivity index (χ2v) is 6.61. The third-order valence-electron chi connectivity index (χ3n) is 3.88. The van der Waals surface area contributed by atoms with Crippen molar-refractivity contribution in [1.82, 2.24) is 15.5 Å². The van der Waals surface area contributed by atoms with Crippen molar-refractivity contribution in [2.75, 3.05) is 5.88 Å². The number of aromatic nitrogens is 2. The van der Waals surface area contributed by atoms with Crippen LogP contribution in [0.15, 0.2) is 59.0 Å². The highest BCUT2D eigenvalue weighted by molar-refractivity contribution is 6.31. The molecule has 0 saturated heterocycles. The molecule has 1 aromatic heterocycles. The lowest BCUT2D eigenvalue weighted by atomic mass is 10.0. The number of rotatable bonds is 5. The molecule has 1 unspecified atom stereocenters. The molecule has 0 spiro atoms. The van der Waals surface area contributed by atoms with Gasteiger partial charge in [-0.2, -0.15) is 0 Å². The molecule has 132 valence electrons. The largest absolute Gasteiger partial charge is 0.412 e. The Bertz CT molecular complexity index is 931. The summed E-state index contributed by atoms with van der Waals surface area (Å²) >= 11 is 12.4. The third-order valence-corrected chi connectivity index (χ3v) is 4.78. The van der Waals surface area contributed by atoms with Gasteiger partial charge in [-0.25, -0.2) is 0 Å². The minimum Gasteiger partial charge on any atom is -0.412 e. The van der Waals surface area contributed by atoms with Gasteiger partial charge in [0, 0.05) is 23.0 Å². The monoisotopic (exact) mass is 385 g/mol. The van der Waals surface area contributed by atoms with Gasteiger partial charge in [0.2, 0.25) is 5.89 Å². The zero-order valence-corrected chi connectivity index (χ0v) is 15.7. The average Bonchev–Trinajstić information content (AvgIpc) is 3.16. The van der Waals surface area contributed by atoms with E-state index in [-0.39, 0.29) is 11.8 Å². The van der Waals surface area contributed by atoms with Crippen LogP contribution in [0.3, 0.4) is 0 Å². The van der Waals surface area contributed by atoms with Crippen molar-refractivity contribution in [3.63, 3.8) is 0 Å². The van der Waals surface area contributed by atoms with Gasteiger partial charge in [-0.15, -0.1) is 16.7 Å². The number of alkyl halides is 1. The Labute approximate surface area is 162 Å². The smallest absolute Gasteiger partial charge is 0.294 e. The van der Waals surface area contributed by atoms with E-state index in [1.165, 1.54) is 0 Å². The SMILES string of the molecule is CC(CCl)(NCc1ccccc1Cl)c1nnc(C#Cc2ccccc2)o1. The molecule has 3 rings (SSSR count). The fourth-order valence-corrected chi connectivity index (χ4v) is 2.67. The second-order valence-electron chi connectivity index (χ2n) is 5.94. The van der Waals surface area contributed by atoms with E-state index >= 15 is 0 Å². The van der Waals surface area contributed by atoms with E-state index in [0.29, 0.717) is 17.5 Å². The molecule has 0 aliphatic rings. The van der Waals surface area contributed by atoms with Gasteiger partial charge in [-0.1, -0.05) is 59.0 Å². The van der Waals surface area contributed by atoms with Crippen LogP contribution in [0.5, 0.6) is 0 Å². The first-order chi connectivity index (χ1) is 12.6. The van der Waals surface area contributed by atoms with Crippen LogP contribution < -0.4 is 5.32 Å². The first-order valence-electron chi connectivity index (χ1n) is 8.06. The fraction of sp³-hybridized carbons (Fsp3) is 0.200. The van der Waals surface area contributed by atoms with Crippen molar-refractivity contribution >= 4 is 23.2 Å². The van der Waals surface area contributed by atoms with Crippen LogP contribution in [0, 0.1) is 11.8 Å². The van der Waals surface area contributed by atoms with Crippen molar-refractivity contribution in [3.8, 4) is 11.8 Å². The molecule has 0 aliphatic carbocycles. The van der Waals surface area contributed by atoms with Crippen molar-refractivity contribution in [1.29, 1.82) is 0 Å². The highest BCUT2D eigenvalue weighted by atomic mass is 35.5. The number of nitrogens with one attached hydrogen (secondary N) is 1. The van der Waals surface area contributed by atoms with E-state index in [2.05, 4.69) is 27.4 Å². The molecule has 0 saturated carbocycles. The number of hydrogen-bond acceptors (Lipinski definition) is 4. The van der Waals surface area contributed by atoms with E-state index in [4.69, 9.17) is 27.6 Å². The predicted molar refractivity (Wildman–Crippen MR) is 103 cm³/mol. The number of nitrogens with zero attached hydrogens (tertiary/aromatic N) is 2. The minimum atomic E-state index is -0.694. The first kappa shape index (κ1) is 18.5. The summed E-state index contributed by atoms with van der Waals surface area (Å²) in [6.07, 6.45) is 0. The van der Waals surface area contributed by atoms with E-state index in [9.17, 15) is 0 Å². The molecule has 1 heterocycles. The molecule has 4 nitrogen and oxygen atoms in total. The topological polar surface area (TPSA) is 51.0 Å². The predicted octanol–water partition coefficient (Wildman–Crippen LogP) is 4.37. The number of halogens is 2. The van der Waals surface area contributed by atoms with Gasteiger partial charge < -0.3 is 4.42 Å². The van der Waals surface area contributed by atoms with Gasteiger partial charge in [0.1, 0.15) is 5.54 Å². The molecule has 1 atom stereocenters. The highest BCUT2D eigenvalue weighted by Gasteiger charge is 2.31. The Kier molecular flexibility index (Phi) is 5.95. The van der Waals surface area contributed by atoms with E-state index in [1.807, 2.05) is 61.5 Å². The van der Waals surface area contributed by atoms with Gasteiger partial charge in [0.15, 0.2) is 0 Å². The van der Waals surface area contributed by atoms with Gasteiger partial charge in [0.25, 0.3) is 5.89 Å². The van der Waals surface area contributed by atoms with Crippen LogP contribution >= 0.6 is 23.2 Å². The average molecular weight is 386 g/mol. The first-order valence-corrected chi connectivity index (χ1v) is 8.97. The Hall–Kier alpha value is -2.32. The molecule has 1 N–H and O–H groups in total. The minimum absolute atomic E-state index is 0.250. The van der Waals surface area contributed by atoms with Gasteiger partial charge in [-0.3, -0.25) is 5.32 Å². The van der Waals surface area contributed by atoms with Crippen molar-refractivity contribution in [2.24, 2.45) is 0 Å². The van der Waals surface area contributed by atoms with Gasteiger partial charge in [-0.05, 0) is 36.6 Å². The van der Waals surface area contributed by atoms with Crippen LogP contribution in [0.25, 0.3) is 0 Å². The molecular formula is C20H17Cl2N3O. The van der Waals surface area contributed by atoms with E-state index in [1.54, 1.807) is 0 Å². The lowest BCUT2D eigenvalue weighted by Gasteiger charge is -2.24. The van der Waals surface area contributed by atoms with Crippen molar-refractivity contribution < 1.29 is 4.42 Å². The Morgan fingerprint density at radius 1 is 1.04 bits per heavy atom. The Morgan fingerprint density at radius 2 is 1.77 bits per heavy atom. The molecule has 0 radical (unpaired) electrons. The summed E-state index contributed by atoms with van der Waals surface area (Å²) < 4.78 is 5.70. The molecular weight excluding hydrogens is 369 g/mol. The summed E-state index contributed by atoms with van der Waals surface area (Å²) in [6.45, 7) is 2.43. The summed E-state index contributed by atoms with van der Waals surface area (Å²) in [5.74, 6) is 6.76. The summed E-state index contributed by atoms with van der Waals surface area (Å²) in [5, 5.41) is 12.1.